The molecule has 0 spiro atoms. The van der Waals surface area contributed by atoms with E-state index in [9.17, 15) is 18.0 Å². The molecule has 13 heteroatoms. The van der Waals surface area contributed by atoms with Crippen molar-refractivity contribution in [3.05, 3.63) is 84.2 Å². The summed E-state index contributed by atoms with van der Waals surface area (Å²) in [6.45, 7) is 4.17. The van der Waals surface area contributed by atoms with E-state index in [0.29, 0.717) is 33.8 Å². The number of ether oxygens (including phenoxy) is 2. The number of thiocarbonyl (C=S) groups is 1. The van der Waals surface area contributed by atoms with Gasteiger partial charge in [-0.2, -0.15) is 0 Å². The molecular weight excluding hydrogens is 648 g/mol. The zero-order valence-corrected chi connectivity index (χ0v) is 27.8. The standard InChI is InChI=1S/C34H34F3N5O3S2/c1-22(2)28-19-27(44-3)16-17-29(28)42-31(43)20-47-33(42)39-30(46)11-6-4-5-8-23-9-7-10-24(18-23)32-38-21-41(40-32)25-12-14-26(15-13-25)45-34(35,36)37/h7,9-10,12-19,21-22H,4-6,8,11,20H2,1-3H3. The van der Waals surface area contributed by atoms with Crippen LogP contribution in [0.2, 0.25) is 0 Å². The molecule has 0 N–H and O–H groups in total. The van der Waals surface area contributed by atoms with Crippen LogP contribution in [0.4, 0.5) is 18.9 Å². The second kappa shape index (κ2) is 15.1. The van der Waals surface area contributed by atoms with Crippen LogP contribution >= 0.6 is 24.0 Å². The van der Waals surface area contributed by atoms with Gasteiger partial charge in [0.2, 0.25) is 5.91 Å². The molecule has 0 saturated carbocycles. The van der Waals surface area contributed by atoms with Crippen molar-refractivity contribution in [2.24, 2.45) is 4.99 Å². The second-order valence-corrected chi connectivity index (χ2v) is 12.6. The van der Waals surface area contributed by atoms with E-state index >= 15 is 0 Å². The molecule has 1 saturated heterocycles. The second-order valence-electron chi connectivity index (χ2n) is 11.2. The Morgan fingerprint density at radius 3 is 2.53 bits per heavy atom. The third-order valence-electron chi connectivity index (χ3n) is 7.45. The van der Waals surface area contributed by atoms with Crippen molar-refractivity contribution in [1.82, 2.24) is 14.8 Å². The van der Waals surface area contributed by atoms with Gasteiger partial charge in [0, 0.05) is 12.0 Å². The highest BCUT2D eigenvalue weighted by Gasteiger charge is 2.32. The lowest BCUT2D eigenvalue weighted by molar-refractivity contribution is -0.274. The number of amidine groups is 1. The van der Waals surface area contributed by atoms with Gasteiger partial charge in [-0.05, 0) is 84.8 Å². The summed E-state index contributed by atoms with van der Waals surface area (Å²) < 4.78 is 48.2. The lowest BCUT2D eigenvalue weighted by Gasteiger charge is -2.22. The molecule has 0 radical (unpaired) electrons. The minimum atomic E-state index is -4.74. The molecule has 0 bridgehead atoms. The van der Waals surface area contributed by atoms with Crippen LogP contribution in [0.1, 0.15) is 56.6 Å². The number of hydrogen-bond donors (Lipinski definition) is 0. The monoisotopic (exact) mass is 681 g/mol. The number of anilines is 1. The number of rotatable bonds is 12. The first-order valence-corrected chi connectivity index (χ1v) is 16.5. The number of hydrogen-bond acceptors (Lipinski definition) is 7. The Morgan fingerprint density at radius 1 is 1.04 bits per heavy atom. The van der Waals surface area contributed by atoms with Crippen LogP contribution in [-0.2, 0) is 11.2 Å². The van der Waals surface area contributed by atoms with Crippen LogP contribution in [0, 0.1) is 0 Å². The quantitative estimate of drug-likeness (QED) is 0.110. The molecular formula is C34H34F3N5O3S2. The normalized spacial score (nSPS) is 14.3. The van der Waals surface area contributed by atoms with Gasteiger partial charge in [0.25, 0.3) is 0 Å². The summed E-state index contributed by atoms with van der Waals surface area (Å²) in [6, 6.07) is 19.2. The number of aromatic nitrogens is 3. The van der Waals surface area contributed by atoms with Crippen molar-refractivity contribution < 1.29 is 27.4 Å². The van der Waals surface area contributed by atoms with E-state index in [2.05, 4.69) is 39.7 Å². The average Bonchev–Trinajstić information content (AvgIpc) is 3.67. The van der Waals surface area contributed by atoms with Gasteiger partial charge in [-0.1, -0.05) is 62.4 Å². The molecule has 1 fully saturated rings. The number of carbonyl (C=O) groups excluding carboxylic acids is 1. The average molecular weight is 682 g/mol. The number of amides is 1. The third kappa shape index (κ3) is 8.98. The van der Waals surface area contributed by atoms with E-state index in [1.165, 1.54) is 47.0 Å². The Balaban J connectivity index is 1.13. The number of unbranched alkanes of at least 4 members (excludes halogenated alkanes) is 2. The van der Waals surface area contributed by atoms with Crippen LogP contribution in [0.3, 0.4) is 0 Å². The molecule has 1 amide bonds. The maximum atomic E-state index is 12.9. The van der Waals surface area contributed by atoms with E-state index in [-0.39, 0.29) is 17.6 Å². The SMILES string of the molecule is COc1ccc(N2C(=O)CSC2=NC(=S)CCCCCc2cccc(-c3ncn(-c4ccc(OC(F)(F)F)cc4)n3)c2)c(C(C)C)c1. The zero-order chi connectivity index (χ0) is 33.6. The molecule has 246 valence electrons. The first kappa shape index (κ1) is 34.1. The van der Waals surface area contributed by atoms with Gasteiger partial charge >= 0.3 is 6.36 Å². The highest BCUT2D eigenvalue weighted by molar-refractivity contribution is 8.15. The number of aliphatic imine (C=N–C) groups is 1. The van der Waals surface area contributed by atoms with E-state index in [1.807, 2.05) is 36.4 Å². The van der Waals surface area contributed by atoms with Gasteiger partial charge in [0.05, 0.1) is 24.2 Å². The molecule has 47 heavy (non-hydrogen) atoms. The highest BCUT2D eigenvalue weighted by Crippen LogP contribution is 2.36. The van der Waals surface area contributed by atoms with E-state index in [0.717, 1.165) is 53.8 Å². The fourth-order valence-electron chi connectivity index (χ4n) is 5.14. The van der Waals surface area contributed by atoms with Gasteiger partial charge in [-0.25, -0.2) is 14.7 Å². The minimum absolute atomic E-state index is 0.0126. The largest absolute Gasteiger partial charge is 0.573 e. The lowest BCUT2D eigenvalue weighted by atomic mass is 10.00. The minimum Gasteiger partial charge on any atom is -0.497 e. The number of methoxy groups -OCH3 is 1. The topological polar surface area (TPSA) is 81.8 Å². The number of nitrogens with zero attached hydrogens (tertiary/aromatic N) is 5. The van der Waals surface area contributed by atoms with E-state index in [4.69, 9.17) is 17.0 Å². The highest BCUT2D eigenvalue weighted by atomic mass is 32.2. The number of halogens is 3. The predicted molar refractivity (Wildman–Crippen MR) is 183 cm³/mol. The fraction of sp³-hybridized carbons (Fsp3) is 0.324. The number of aryl methyl sites for hydroxylation is 1. The van der Waals surface area contributed by atoms with Crippen molar-refractivity contribution >= 4 is 45.7 Å². The lowest BCUT2D eigenvalue weighted by Crippen LogP contribution is -2.30. The summed E-state index contributed by atoms with van der Waals surface area (Å²) in [5.74, 6) is 1.46. The first-order valence-electron chi connectivity index (χ1n) is 15.1. The smallest absolute Gasteiger partial charge is 0.497 e. The molecule has 5 rings (SSSR count). The molecule has 0 atom stereocenters. The van der Waals surface area contributed by atoms with E-state index in [1.54, 1.807) is 12.0 Å². The molecule has 3 aromatic carbocycles. The Kier molecular flexibility index (Phi) is 11.0. The summed E-state index contributed by atoms with van der Waals surface area (Å²) in [5, 5.41) is 5.12. The van der Waals surface area contributed by atoms with Gasteiger partial charge in [-0.3, -0.25) is 9.69 Å². The van der Waals surface area contributed by atoms with Crippen LogP contribution in [0.5, 0.6) is 11.5 Å². The Morgan fingerprint density at radius 2 is 1.81 bits per heavy atom. The van der Waals surface area contributed by atoms with Crippen LogP contribution < -0.4 is 14.4 Å². The van der Waals surface area contributed by atoms with Crippen LogP contribution in [0.25, 0.3) is 17.1 Å². The zero-order valence-electron chi connectivity index (χ0n) is 26.2. The van der Waals surface area contributed by atoms with Crippen molar-refractivity contribution in [1.29, 1.82) is 0 Å². The van der Waals surface area contributed by atoms with Crippen LogP contribution in [-0.4, -0.2) is 50.1 Å². The van der Waals surface area contributed by atoms with E-state index < -0.39 is 6.36 Å². The number of alkyl halides is 3. The molecule has 0 unspecified atom stereocenters. The Labute approximate surface area is 281 Å². The summed E-state index contributed by atoms with van der Waals surface area (Å²) in [5.41, 5.74) is 4.38. The van der Waals surface area contributed by atoms with Gasteiger partial charge in [-0.15, -0.1) is 18.3 Å². The van der Waals surface area contributed by atoms with Crippen molar-refractivity contribution in [3.63, 3.8) is 0 Å². The number of benzene rings is 3. The summed E-state index contributed by atoms with van der Waals surface area (Å²) in [4.78, 5) is 24.2. The maximum Gasteiger partial charge on any atom is 0.573 e. The van der Waals surface area contributed by atoms with Gasteiger partial charge in [0.1, 0.15) is 22.8 Å². The predicted octanol–water partition coefficient (Wildman–Crippen LogP) is 8.53. The summed E-state index contributed by atoms with van der Waals surface area (Å²) in [6.07, 6.45) is 1.10. The molecule has 8 nitrogen and oxygen atoms in total. The summed E-state index contributed by atoms with van der Waals surface area (Å²) in [7, 11) is 1.63. The molecule has 1 aliphatic heterocycles. The van der Waals surface area contributed by atoms with Crippen molar-refractivity contribution in [2.75, 3.05) is 17.8 Å². The summed E-state index contributed by atoms with van der Waals surface area (Å²) >= 11 is 7.02. The number of carbonyl (C=O) groups is 1. The fourth-order valence-corrected chi connectivity index (χ4v) is 6.31. The molecule has 1 aliphatic rings. The van der Waals surface area contributed by atoms with Crippen LogP contribution in [0.15, 0.2) is 78.0 Å². The molecule has 0 aliphatic carbocycles. The van der Waals surface area contributed by atoms with Crippen molar-refractivity contribution in [2.45, 2.75) is 58.2 Å². The Hall–Kier alpha value is -4.23. The van der Waals surface area contributed by atoms with Gasteiger partial charge in [0.15, 0.2) is 11.0 Å². The molecule has 1 aromatic heterocycles. The first-order chi connectivity index (χ1) is 22.5. The third-order valence-corrected chi connectivity index (χ3v) is 8.67. The van der Waals surface area contributed by atoms with Crippen molar-refractivity contribution in [3.8, 4) is 28.6 Å². The molecule has 2 heterocycles. The van der Waals surface area contributed by atoms with Gasteiger partial charge < -0.3 is 9.47 Å². The maximum absolute atomic E-state index is 12.9. The Bertz CT molecular complexity index is 1760. The number of thioether (sulfide) groups is 1. The molecule has 4 aromatic rings.